The lowest BCUT2D eigenvalue weighted by atomic mass is 9.43. The Bertz CT molecular complexity index is 1320. The number of phenolic OH excluding ortho intramolecular Hbond substituents is 1. The molecule has 3 aliphatic carbocycles. The first-order valence-corrected chi connectivity index (χ1v) is 11.7. The van der Waals surface area contributed by atoms with Gasteiger partial charge in [-0.1, -0.05) is 27.7 Å². The molecule has 4 rings (SSSR count). The highest BCUT2D eigenvalue weighted by atomic mass is 16.5. The molecule has 36 heavy (non-hydrogen) atoms. The van der Waals surface area contributed by atoms with E-state index in [4.69, 9.17) is 4.74 Å². The van der Waals surface area contributed by atoms with Crippen LogP contribution in [-0.4, -0.2) is 56.5 Å². The van der Waals surface area contributed by atoms with Crippen LogP contribution in [0.2, 0.25) is 0 Å². The minimum atomic E-state index is -2.67. The van der Waals surface area contributed by atoms with Crippen molar-refractivity contribution in [2.45, 2.75) is 53.1 Å². The van der Waals surface area contributed by atoms with Crippen molar-refractivity contribution in [1.82, 2.24) is 0 Å². The van der Waals surface area contributed by atoms with Gasteiger partial charge in [0.1, 0.15) is 22.8 Å². The zero-order chi connectivity index (χ0) is 27.1. The van der Waals surface area contributed by atoms with E-state index < -0.39 is 68.7 Å². The quantitative estimate of drug-likeness (QED) is 0.363. The van der Waals surface area contributed by atoms with Gasteiger partial charge in [0, 0.05) is 22.3 Å². The van der Waals surface area contributed by atoms with Gasteiger partial charge < -0.3 is 25.2 Å². The van der Waals surface area contributed by atoms with Crippen LogP contribution in [0.25, 0.3) is 5.76 Å². The number of methoxy groups -OCH3 is 1. The standard InChI is InChI=1S/C27H30O9/c1-11(2)18-20(30)16(12(3)28)22(32)27(35)23(33)19-21(31)17-14(9-25(19,4)10-26(18,27)5)13(24(34)36-6)7-8-15(17)29/h7-8,11,18,29,31-32,35H,9-10H2,1-6H3/t18?,25-,26-,27+/m1/s1. The summed E-state index contributed by atoms with van der Waals surface area (Å²) in [5, 5.41) is 45.0. The Labute approximate surface area is 208 Å². The van der Waals surface area contributed by atoms with E-state index in [1.807, 2.05) is 0 Å². The molecule has 0 aliphatic heterocycles. The third-order valence-corrected chi connectivity index (χ3v) is 8.29. The number of Topliss-reactive ketones (excluding diaryl/α,β-unsaturated/α-hetero) is 3. The zero-order valence-electron chi connectivity index (χ0n) is 21.1. The SMILES string of the molecule is COC(=O)c1ccc(O)c2c1C[C@]1(C)C[C@]3(C)C(C(C)C)C(=O)C(C(C)=O)=C(O)[C@]3(O)C(=O)C1=C2O. The van der Waals surface area contributed by atoms with Crippen molar-refractivity contribution in [2.24, 2.45) is 22.7 Å². The summed E-state index contributed by atoms with van der Waals surface area (Å²) in [6.07, 6.45) is -0.0534. The molecular weight excluding hydrogens is 468 g/mol. The van der Waals surface area contributed by atoms with Gasteiger partial charge in [0.25, 0.3) is 0 Å². The number of aliphatic hydroxyl groups is 3. The molecule has 0 aromatic heterocycles. The van der Waals surface area contributed by atoms with Gasteiger partial charge in [-0.05, 0) is 43.4 Å². The molecule has 0 heterocycles. The van der Waals surface area contributed by atoms with Crippen molar-refractivity contribution in [2.75, 3.05) is 7.11 Å². The highest BCUT2D eigenvalue weighted by molar-refractivity contribution is 6.24. The van der Waals surface area contributed by atoms with Crippen molar-refractivity contribution in [3.8, 4) is 5.75 Å². The van der Waals surface area contributed by atoms with Crippen LogP contribution in [0, 0.1) is 22.7 Å². The molecule has 1 unspecified atom stereocenters. The zero-order valence-corrected chi connectivity index (χ0v) is 21.1. The molecule has 4 N–H and O–H groups in total. The van der Waals surface area contributed by atoms with Gasteiger partial charge in [0.2, 0.25) is 5.78 Å². The summed E-state index contributed by atoms with van der Waals surface area (Å²) < 4.78 is 4.86. The number of allylic oxidation sites excluding steroid dienone is 1. The predicted octanol–water partition coefficient (Wildman–Crippen LogP) is 2.98. The molecule has 4 atom stereocenters. The molecule has 192 valence electrons. The first-order chi connectivity index (χ1) is 16.6. The van der Waals surface area contributed by atoms with Crippen LogP contribution in [0.4, 0.5) is 0 Å². The second-order valence-corrected chi connectivity index (χ2v) is 10.9. The van der Waals surface area contributed by atoms with Crippen molar-refractivity contribution >= 4 is 29.1 Å². The number of esters is 1. The minimum Gasteiger partial charge on any atom is -0.508 e. The average molecular weight is 499 g/mol. The minimum absolute atomic E-state index is 0.00101. The Hall–Kier alpha value is -3.46. The van der Waals surface area contributed by atoms with E-state index in [1.165, 1.54) is 26.2 Å². The first-order valence-electron chi connectivity index (χ1n) is 11.7. The molecule has 3 aliphatic rings. The van der Waals surface area contributed by atoms with Gasteiger partial charge in [-0.2, -0.15) is 0 Å². The number of aromatic hydroxyl groups is 1. The van der Waals surface area contributed by atoms with Crippen LogP contribution < -0.4 is 0 Å². The lowest BCUT2D eigenvalue weighted by molar-refractivity contribution is -0.178. The number of hydrogen-bond acceptors (Lipinski definition) is 9. The number of ketones is 3. The maximum atomic E-state index is 14.1. The van der Waals surface area contributed by atoms with Crippen LogP contribution in [0.5, 0.6) is 5.75 Å². The normalized spacial score (nSPS) is 31.7. The third kappa shape index (κ3) is 2.92. The molecular formula is C27H30O9. The molecule has 1 saturated carbocycles. The molecule has 0 bridgehead atoms. The fourth-order valence-corrected chi connectivity index (χ4v) is 7.02. The summed E-state index contributed by atoms with van der Waals surface area (Å²) in [5.74, 6) is -6.67. The van der Waals surface area contributed by atoms with Crippen LogP contribution in [0.15, 0.2) is 29.0 Å². The van der Waals surface area contributed by atoms with E-state index >= 15 is 0 Å². The van der Waals surface area contributed by atoms with Crippen LogP contribution in [0.1, 0.15) is 62.5 Å². The molecule has 9 nitrogen and oxygen atoms in total. The maximum Gasteiger partial charge on any atom is 0.338 e. The molecule has 0 radical (unpaired) electrons. The predicted molar refractivity (Wildman–Crippen MR) is 127 cm³/mol. The molecule has 1 aromatic carbocycles. The van der Waals surface area contributed by atoms with E-state index in [-0.39, 0.29) is 40.9 Å². The van der Waals surface area contributed by atoms with Gasteiger partial charge in [-0.3, -0.25) is 14.4 Å². The Kier molecular flexibility index (Phi) is 5.53. The maximum absolute atomic E-state index is 14.1. The third-order valence-electron chi connectivity index (χ3n) is 8.29. The van der Waals surface area contributed by atoms with Gasteiger partial charge in [0.05, 0.1) is 18.2 Å². The Balaban J connectivity index is 2.10. The Morgan fingerprint density at radius 2 is 1.72 bits per heavy atom. The smallest absolute Gasteiger partial charge is 0.338 e. The summed E-state index contributed by atoms with van der Waals surface area (Å²) in [6, 6.07) is 2.55. The summed E-state index contributed by atoms with van der Waals surface area (Å²) in [4.78, 5) is 52.4. The van der Waals surface area contributed by atoms with E-state index in [0.29, 0.717) is 0 Å². The lowest BCUT2D eigenvalue weighted by Crippen LogP contribution is -2.69. The number of phenols is 1. The van der Waals surface area contributed by atoms with Gasteiger partial charge in [-0.25, -0.2) is 4.79 Å². The highest BCUT2D eigenvalue weighted by Gasteiger charge is 2.72. The van der Waals surface area contributed by atoms with Crippen molar-refractivity contribution in [3.63, 3.8) is 0 Å². The Morgan fingerprint density at radius 1 is 1.11 bits per heavy atom. The van der Waals surface area contributed by atoms with E-state index in [1.54, 1.807) is 20.8 Å². The number of fused-ring (bicyclic) bond motifs is 3. The number of aliphatic hydroxyl groups excluding tert-OH is 2. The summed E-state index contributed by atoms with van der Waals surface area (Å²) in [6.45, 7) is 7.72. The molecule has 0 amide bonds. The number of carbonyl (C=O) groups is 4. The van der Waals surface area contributed by atoms with Crippen LogP contribution >= 0.6 is 0 Å². The second-order valence-electron chi connectivity index (χ2n) is 10.9. The average Bonchev–Trinajstić information content (AvgIpc) is 2.75. The topological polar surface area (TPSA) is 158 Å². The van der Waals surface area contributed by atoms with Crippen LogP contribution in [0.3, 0.4) is 0 Å². The number of carbonyl (C=O) groups excluding carboxylic acids is 4. The number of rotatable bonds is 3. The van der Waals surface area contributed by atoms with Gasteiger partial charge >= 0.3 is 5.97 Å². The van der Waals surface area contributed by atoms with Crippen molar-refractivity contribution in [3.05, 3.63) is 45.7 Å². The highest BCUT2D eigenvalue weighted by Crippen LogP contribution is 2.65. The second kappa shape index (κ2) is 7.77. The fourth-order valence-electron chi connectivity index (χ4n) is 7.02. The largest absolute Gasteiger partial charge is 0.508 e. The van der Waals surface area contributed by atoms with Crippen LogP contribution in [-0.2, 0) is 25.5 Å². The fraction of sp³-hybridized carbons (Fsp3) is 0.481. The lowest BCUT2D eigenvalue weighted by Gasteiger charge is -2.59. The van der Waals surface area contributed by atoms with Gasteiger partial charge in [0.15, 0.2) is 17.2 Å². The summed E-state index contributed by atoms with van der Waals surface area (Å²) in [7, 11) is 1.20. The summed E-state index contributed by atoms with van der Waals surface area (Å²) in [5.41, 5.74) is -6.10. The molecule has 0 spiro atoms. The van der Waals surface area contributed by atoms with E-state index in [9.17, 15) is 39.6 Å². The van der Waals surface area contributed by atoms with Crippen molar-refractivity contribution in [1.29, 1.82) is 0 Å². The molecule has 1 fully saturated rings. The van der Waals surface area contributed by atoms with Gasteiger partial charge in [-0.15, -0.1) is 0 Å². The Morgan fingerprint density at radius 3 is 2.25 bits per heavy atom. The number of hydrogen-bond donors (Lipinski definition) is 4. The number of benzene rings is 1. The molecule has 0 saturated heterocycles. The van der Waals surface area contributed by atoms with E-state index in [2.05, 4.69) is 0 Å². The summed E-state index contributed by atoms with van der Waals surface area (Å²) >= 11 is 0. The number of ether oxygens (including phenoxy) is 1. The monoisotopic (exact) mass is 498 g/mol. The first kappa shape index (κ1) is 25.6. The molecule has 9 heteroatoms. The van der Waals surface area contributed by atoms with E-state index in [0.717, 1.165) is 6.92 Å². The molecule has 1 aromatic rings. The van der Waals surface area contributed by atoms with Crippen molar-refractivity contribution < 1.29 is 44.3 Å².